The fourth-order valence-corrected chi connectivity index (χ4v) is 1.83. The van der Waals surface area contributed by atoms with E-state index in [-0.39, 0.29) is 0 Å². The second-order valence-corrected chi connectivity index (χ2v) is 3.66. The summed E-state index contributed by atoms with van der Waals surface area (Å²) in [6.45, 7) is 6.08. The highest BCUT2D eigenvalue weighted by Gasteiger charge is 2.49. The molecule has 0 aromatic heterocycles. The first-order valence-corrected chi connectivity index (χ1v) is 3.47. The molecular formula is C7H13N. The molecule has 8 heavy (non-hydrogen) atoms. The molecule has 0 aromatic carbocycles. The van der Waals surface area contributed by atoms with Gasteiger partial charge in [-0.25, -0.2) is 0 Å². The van der Waals surface area contributed by atoms with Crippen molar-refractivity contribution in [3.8, 4) is 0 Å². The van der Waals surface area contributed by atoms with Crippen LogP contribution in [0.5, 0.6) is 0 Å². The quantitative estimate of drug-likeness (QED) is 0.425. The molecular weight excluding hydrogens is 98.1 g/mol. The van der Waals surface area contributed by atoms with Crippen LogP contribution in [-0.4, -0.2) is 23.0 Å². The highest BCUT2D eigenvalue weighted by Crippen LogP contribution is 2.42. The molecule has 0 N–H and O–H groups in total. The summed E-state index contributed by atoms with van der Waals surface area (Å²) in [4.78, 5) is 2.59. The van der Waals surface area contributed by atoms with E-state index in [9.17, 15) is 0 Å². The third-order valence-electron chi connectivity index (χ3n) is 2.58. The van der Waals surface area contributed by atoms with E-state index in [2.05, 4.69) is 18.7 Å². The number of hydrogen-bond donors (Lipinski definition) is 0. The Morgan fingerprint density at radius 1 is 1.50 bits per heavy atom. The monoisotopic (exact) mass is 111 g/mol. The van der Waals surface area contributed by atoms with Gasteiger partial charge in [-0.3, -0.25) is 4.90 Å². The average Bonchev–Trinajstić information content (AvgIpc) is 2.34. The van der Waals surface area contributed by atoms with E-state index in [1.54, 1.807) is 0 Å². The number of piperidine rings is 1. The van der Waals surface area contributed by atoms with Gasteiger partial charge in [-0.1, -0.05) is 0 Å². The molecule has 2 saturated heterocycles. The van der Waals surface area contributed by atoms with Crippen LogP contribution < -0.4 is 0 Å². The molecule has 0 aliphatic carbocycles. The molecule has 0 aromatic rings. The molecule has 2 rings (SSSR count). The molecule has 0 bridgehead atoms. The van der Waals surface area contributed by atoms with E-state index in [0.29, 0.717) is 5.54 Å². The Morgan fingerprint density at radius 2 is 2.25 bits per heavy atom. The Balaban J connectivity index is 2.17. The van der Waals surface area contributed by atoms with Crippen LogP contribution in [0.25, 0.3) is 0 Å². The average molecular weight is 111 g/mol. The zero-order chi connectivity index (χ0) is 5.78. The molecule has 1 nitrogen and oxygen atoms in total. The summed E-state index contributed by atoms with van der Waals surface area (Å²) in [7, 11) is 0. The minimum absolute atomic E-state index is 0.560. The summed E-state index contributed by atoms with van der Waals surface area (Å²) in [6.07, 6.45) is 2.87. The van der Waals surface area contributed by atoms with E-state index < -0.39 is 0 Å². The van der Waals surface area contributed by atoms with Crippen molar-refractivity contribution in [2.24, 2.45) is 0 Å². The maximum absolute atomic E-state index is 2.59. The van der Waals surface area contributed by atoms with E-state index in [4.69, 9.17) is 0 Å². The molecule has 0 spiro atoms. The molecule has 2 heterocycles. The van der Waals surface area contributed by atoms with Gasteiger partial charge in [0.15, 0.2) is 0 Å². The third-order valence-corrected chi connectivity index (χ3v) is 2.58. The fourth-order valence-electron chi connectivity index (χ4n) is 1.83. The molecule has 0 radical (unpaired) electrons. The Hall–Kier alpha value is -0.0400. The van der Waals surface area contributed by atoms with E-state index >= 15 is 0 Å². The maximum Gasteiger partial charge on any atom is 0.0230 e. The Morgan fingerprint density at radius 3 is 2.38 bits per heavy atom. The highest BCUT2D eigenvalue weighted by molar-refractivity contribution is 5.06. The number of hydrogen-bond acceptors (Lipinski definition) is 1. The van der Waals surface area contributed by atoms with Gasteiger partial charge in [-0.2, -0.15) is 0 Å². The Kier molecular flexibility index (Phi) is 0.663. The molecule has 1 heteroatoms. The van der Waals surface area contributed by atoms with Crippen LogP contribution >= 0.6 is 0 Å². The van der Waals surface area contributed by atoms with Crippen molar-refractivity contribution >= 4 is 0 Å². The van der Waals surface area contributed by atoms with Crippen molar-refractivity contribution in [3.63, 3.8) is 0 Å². The topological polar surface area (TPSA) is 3.01 Å². The normalized spacial score (nSPS) is 48.8. The van der Waals surface area contributed by atoms with Crippen molar-refractivity contribution in [2.75, 3.05) is 6.54 Å². The molecule has 0 saturated carbocycles. The van der Waals surface area contributed by atoms with E-state index in [0.717, 1.165) is 6.04 Å². The molecule has 2 aliphatic rings. The third kappa shape index (κ3) is 0.455. The number of fused-ring (bicyclic) bond motifs is 1. The van der Waals surface area contributed by atoms with Crippen LogP contribution in [-0.2, 0) is 0 Å². The van der Waals surface area contributed by atoms with Gasteiger partial charge in [0.05, 0.1) is 0 Å². The summed E-state index contributed by atoms with van der Waals surface area (Å²) in [5.41, 5.74) is 0.560. The van der Waals surface area contributed by atoms with Crippen LogP contribution in [0.1, 0.15) is 26.7 Å². The maximum atomic E-state index is 2.59. The minimum atomic E-state index is 0.560. The summed E-state index contributed by atoms with van der Waals surface area (Å²) in [6, 6.07) is 0.991. The summed E-state index contributed by atoms with van der Waals surface area (Å²) >= 11 is 0. The zero-order valence-electron chi connectivity index (χ0n) is 5.65. The lowest BCUT2D eigenvalue weighted by molar-refractivity contribution is 0.304. The van der Waals surface area contributed by atoms with Gasteiger partial charge in [-0.05, 0) is 26.7 Å². The van der Waals surface area contributed by atoms with Crippen molar-refractivity contribution in [1.29, 1.82) is 0 Å². The van der Waals surface area contributed by atoms with Crippen LogP contribution in [0.4, 0.5) is 0 Å². The van der Waals surface area contributed by atoms with Crippen LogP contribution in [0.2, 0.25) is 0 Å². The number of rotatable bonds is 0. The molecule has 0 amide bonds. The Labute approximate surface area is 50.7 Å². The van der Waals surface area contributed by atoms with E-state index in [1.807, 2.05) is 0 Å². The SMILES string of the molecule is CC1(C)CCC2CN21. The largest absolute Gasteiger partial charge is 0.292 e. The van der Waals surface area contributed by atoms with E-state index in [1.165, 1.54) is 19.4 Å². The fraction of sp³-hybridized carbons (Fsp3) is 1.00. The molecule has 2 aliphatic heterocycles. The molecule has 2 unspecified atom stereocenters. The van der Waals surface area contributed by atoms with Gasteiger partial charge >= 0.3 is 0 Å². The van der Waals surface area contributed by atoms with Crippen molar-refractivity contribution < 1.29 is 0 Å². The van der Waals surface area contributed by atoms with Crippen LogP contribution in [0, 0.1) is 0 Å². The lowest BCUT2D eigenvalue weighted by atomic mass is 10.0. The standard InChI is InChI=1S/C7H13N/c1-7(2)4-3-6-5-8(6)7/h6H,3-5H2,1-2H3. The van der Waals surface area contributed by atoms with Gasteiger partial charge in [0, 0.05) is 18.1 Å². The van der Waals surface area contributed by atoms with Crippen LogP contribution in [0.3, 0.4) is 0 Å². The first-order valence-electron chi connectivity index (χ1n) is 3.47. The van der Waals surface area contributed by atoms with Crippen LogP contribution in [0.15, 0.2) is 0 Å². The molecule has 46 valence electrons. The first kappa shape index (κ1) is 4.80. The van der Waals surface area contributed by atoms with Gasteiger partial charge in [0.25, 0.3) is 0 Å². The lowest BCUT2D eigenvalue weighted by Gasteiger charge is -2.20. The molecule has 2 fully saturated rings. The van der Waals surface area contributed by atoms with Gasteiger partial charge in [0.2, 0.25) is 0 Å². The second-order valence-electron chi connectivity index (χ2n) is 3.66. The highest BCUT2D eigenvalue weighted by atomic mass is 15.4. The minimum Gasteiger partial charge on any atom is -0.292 e. The summed E-state index contributed by atoms with van der Waals surface area (Å²) in [5, 5.41) is 0. The lowest BCUT2D eigenvalue weighted by Crippen LogP contribution is -2.25. The summed E-state index contributed by atoms with van der Waals surface area (Å²) < 4.78 is 0. The predicted molar refractivity (Wildman–Crippen MR) is 33.8 cm³/mol. The van der Waals surface area contributed by atoms with Crippen molar-refractivity contribution in [1.82, 2.24) is 4.90 Å². The van der Waals surface area contributed by atoms with Crippen molar-refractivity contribution in [2.45, 2.75) is 38.3 Å². The van der Waals surface area contributed by atoms with Gasteiger partial charge in [0.1, 0.15) is 0 Å². The first-order chi connectivity index (χ1) is 3.70. The smallest absolute Gasteiger partial charge is 0.0230 e. The molecule has 2 atom stereocenters. The van der Waals surface area contributed by atoms with Crippen molar-refractivity contribution in [3.05, 3.63) is 0 Å². The number of nitrogens with zero attached hydrogens (tertiary/aromatic N) is 1. The van der Waals surface area contributed by atoms with Gasteiger partial charge < -0.3 is 0 Å². The summed E-state index contributed by atoms with van der Waals surface area (Å²) in [5.74, 6) is 0. The van der Waals surface area contributed by atoms with Gasteiger partial charge in [-0.15, -0.1) is 0 Å². The zero-order valence-corrected chi connectivity index (χ0v) is 5.65. The second kappa shape index (κ2) is 1.10. The Bertz CT molecular complexity index is 118. The predicted octanol–water partition coefficient (Wildman–Crippen LogP) is 1.24.